The normalized spacial score (nSPS) is 17.2. The molecule has 158 valence electrons. The lowest BCUT2D eigenvalue weighted by Crippen LogP contribution is -2.45. The van der Waals surface area contributed by atoms with E-state index in [9.17, 15) is 13.2 Å². The van der Waals surface area contributed by atoms with E-state index in [0.29, 0.717) is 38.2 Å². The van der Waals surface area contributed by atoms with E-state index in [4.69, 9.17) is 4.74 Å². The van der Waals surface area contributed by atoms with Crippen molar-refractivity contribution in [1.29, 1.82) is 0 Å². The van der Waals surface area contributed by atoms with Crippen molar-refractivity contribution >= 4 is 11.9 Å². The third-order valence-electron chi connectivity index (χ3n) is 4.17. The van der Waals surface area contributed by atoms with Gasteiger partial charge in [-0.3, -0.25) is 9.89 Å². The third-order valence-corrected chi connectivity index (χ3v) is 4.17. The molecule has 0 saturated carbocycles. The molecule has 1 unspecified atom stereocenters. The van der Waals surface area contributed by atoms with Crippen molar-refractivity contribution in [2.75, 3.05) is 57.8 Å². The van der Waals surface area contributed by atoms with Crippen LogP contribution in [-0.4, -0.2) is 79.4 Å². The van der Waals surface area contributed by atoms with Gasteiger partial charge in [0.2, 0.25) is 5.95 Å². The minimum Gasteiger partial charge on any atom is -0.379 e. The van der Waals surface area contributed by atoms with Gasteiger partial charge in [0.15, 0.2) is 5.96 Å². The summed E-state index contributed by atoms with van der Waals surface area (Å²) in [4.78, 5) is 14.2. The Bertz CT molecular complexity index is 621. The highest BCUT2D eigenvalue weighted by Gasteiger charge is 2.32. The molecule has 0 spiro atoms. The lowest BCUT2D eigenvalue weighted by molar-refractivity contribution is -0.141. The van der Waals surface area contributed by atoms with Crippen LogP contribution in [0.1, 0.15) is 19.5 Å². The molecule has 28 heavy (non-hydrogen) atoms. The van der Waals surface area contributed by atoms with Gasteiger partial charge >= 0.3 is 6.18 Å². The molecule has 1 atom stereocenters. The Morgan fingerprint density at radius 3 is 2.71 bits per heavy atom. The third kappa shape index (κ3) is 7.47. The van der Waals surface area contributed by atoms with E-state index < -0.39 is 11.9 Å². The van der Waals surface area contributed by atoms with Crippen LogP contribution >= 0.6 is 0 Å². The fourth-order valence-corrected chi connectivity index (χ4v) is 2.66. The van der Waals surface area contributed by atoms with Crippen LogP contribution in [0.2, 0.25) is 0 Å². The van der Waals surface area contributed by atoms with Crippen LogP contribution in [0.25, 0.3) is 0 Å². The number of nitrogens with one attached hydrogen (secondary N) is 3. The van der Waals surface area contributed by atoms with E-state index >= 15 is 0 Å². The van der Waals surface area contributed by atoms with Crippen LogP contribution < -0.4 is 16.0 Å². The highest BCUT2D eigenvalue weighted by Crippen LogP contribution is 2.27. The fourth-order valence-electron chi connectivity index (χ4n) is 2.66. The van der Waals surface area contributed by atoms with Crippen LogP contribution in [0, 0.1) is 0 Å². The highest BCUT2D eigenvalue weighted by atomic mass is 19.4. The van der Waals surface area contributed by atoms with Gasteiger partial charge < -0.3 is 20.7 Å². The fraction of sp³-hybridized carbons (Fsp3) is 0.706. The van der Waals surface area contributed by atoms with Crippen molar-refractivity contribution < 1.29 is 17.9 Å². The molecule has 1 aromatic heterocycles. The number of rotatable bonds is 8. The Hall–Kier alpha value is -2.14. The summed E-state index contributed by atoms with van der Waals surface area (Å²) in [5.74, 6) is 0.605. The first-order chi connectivity index (χ1) is 13.4. The number of nitrogens with zero attached hydrogens (tertiary/aromatic N) is 4. The van der Waals surface area contributed by atoms with Crippen LogP contribution in [0.15, 0.2) is 17.3 Å². The second kappa shape index (κ2) is 11.0. The Balaban J connectivity index is 1.78. The molecule has 1 aromatic rings. The molecule has 1 aliphatic rings. The average Bonchev–Trinajstić information content (AvgIpc) is 2.69. The topological polar surface area (TPSA) is 86.7 Å². The zero-order valence-corrected chi connectivity index (χ0v) is 16.2. The van der Waals surface area contributed by atoms with E-state index in [2.05, 4.69) is 42.7 Å². The molecule has 1 aliphatic heterocycles. The van der Waals surface area contributed by atoms with E-state index in [1.165, 1.54) is 0 Å². The number of hydrogen-bond donors (Lipinski definition) is 3. The Morgan fingerprint density at radius 2 is 2.04 bits per heavy atom. The first-order valence-corrected chi connectivity index (χ1v) is 9.38. The van der Waals surface area contributed by atoms with Gasteiger partial charge in [-0.2, -0.15) is 13.2 Å². The molecule has 2 heterocycles. The SMILES string of the molecule is CCNC(=NCC(C)N1CCOCC1)NCCNc1nccc(C(F)(F)F)n1. The van der Waals surface area contributed by atoms with Crippen LogP contribution in [0.3, 0.4) is 0 Å². The maximum Gasteiger partial charge on any atom is 0.433 e. The maximum absolute atomic E-state index is 12.7. The number of halogens is 3. The molecule has 2 rings (SSSR count). The second-order valence-electron chi connectivity index (χ2n) is 6.33. The molecule has 1 saturated heterocycles. The predicted octanol–water partition coefficient (Wildman–Crippen LogP) is 1.18. The minimum atomic E-state index is -4.49. The van der Waals surface area contributed by atoms with Gasteiger partial charge in [-0.25, -0.2) is 9.97 Å². The largest absolute Gasteiger partial charge is 0.433 e. The number of aromatic nitrogens is 2. The summed E-state index contributed by atoms with van der Waals surface area (Å²) in [6.45, 7) is 9.56. The van der Waals surface area contributed by atoms with Gasteiger partial charge in [0, 0.05) is 45.0 Å². The standard InChI is InChI=1S/C17H28F3N7O/c1-3-21-15(25-12-13(2)27-8-10-28-11-9-27)23-6-7-24-16-22-5-4-14(26-16)17(18,19)20/h4-5,13H,3,6-12H2,1-2H3,(H2,21,23,25)(H,22,24,26). The Labute approximate surface area is 163 Å². The predicted molar refractivity (Wildman–Crippen MR) is 101 cm³/mol. The molecule has 0 amide bonds. The summed E-state index contributed by atoms with van der Waals surface area (Å²) < 4.78 is 43.4. The maximum atomic E-state index is 12.7. The van der Waals surface area contributed by atoms with Crippen molar-refractivity contribution in [3.8, 4) is 0 Å². The van der Waals surface area contributed by atoms with Crippen molar-refractivity contribution in [2.45, 2.75) is 26.1 Å². The van der Waals surface area contributed by atoms with E-state index in [0.717, 1.165) is 38.6 Å². The number of morpholine rings is 1. The van der Waals surface area contributed by atoms with Gasteiger partial charge in [0.05, 0.1) is 19.8 Å². The molecule has 0 radical (unpaired) electrons. The lowest BCUT2D eigenvalue weighted by atomic mass is 10.2. The molecule has 1 fully saturated rings. The summed E-state index contributed by atoms with van der Waals surface area (Å²) in [7, 11) is 0. The molecule has 8 nitrogen and oxygen atoms in total. The molecule has 0 bridgehead atoms. The zero-order chi connectivity index (χ0) is 20.4. The number of ether oxygens (including phenoxy) is 1. The van der Waals surface area contributed by atoms with Gasteiger partial charge in [-0.05, 0) is 19.9 Å². The Kier molecular flexibility index (Phi) is 8.71. The molecule has 0 aliphatic carbocycles. The average molecular weight is 403 g/mol. The van der Waals surface area contributed by atoms with Crippen LogP contribution in [-0.2, 0) is 10.9 Å². The number of aliphatic imine (C=N–C) groups is 1. The number of guanidine groups is 1. The van der Waals surface area contributed by atoms with Crippen molar-refractivity contribution in [1.82, 2.24) is 25.5 Å². The van der Waals surface area contributed by atoms with E-state index in [1.54, 1.807) is 0 Å². The molecular weight excluding hydrogens is 375 g/mol. The summed E-state index contributed by atoms with van der Waals surface area (Å²) >= 11 is 0. The number of alkyl halides is 3. The monoisotopic (exact) mass is 403 g/mol. The first kappa shape index (κ1) is 22.2. The Morgan fingerprint density at radius 1 is 1.29 bits per heavy atom. The van der Waals surface area contributed by atoms with Gasteiger partial charge in [-0.1, -0.05) is 0 Å². The van der Waals surface area contributed by atoms with Gasteiger partial charge in [0.25, 0.3) is 0 Å². The summed E-state index contributed by atoms with van der Waals surface area (Å²) in [6, 6.07) is 1.14. The summed E-state index contributed by atoms with van der Waals surface area (Å²) in [5.41, 5.74) is -0.968. The van der Waals surface area contributed by atoms with Gasteiger partial charge in [-0.15, -0.1) is 0 Å². The van der Waals surface area contributed by atoms with Crippen molar-refractivity contribution in [2.24, 2.45) is 4.99 Å². The number of anilines is 1. The quantitative estimate of drug-likeness (QED) is 0.341. The smallest absolute Gasteiger partial charge is 0.379 e. The first-order valence-electron chi connectivity index (χ1n) is 9.38. The molecule has 3 N–H and O–H groups in total. The van der Waals surface area contributed by atoms with Crippen molar-refractivity contribution in [3.63, 3.8) is 0 Å². The van der Waals surface area contributed by atoms with Crippen molar-refractivity contribution in [3.05, 3.63) is 18.0 Å². The van der Waals surface area contributed by atoms with Crippen LogP contribution in [0.4, 0.5) is 19.1 Å². The van der Waals surface area contributed by atoms with Gasteiger partial charge in [0.1, 0.15) is 5.69 Å². The lowest BCUT2D eigenvalue weighted by Gasteiger charge is -2.31. The zero-order valence-electron chi connectivity index (χ0n) is 16.2. The number of hydrogen-bond acceptors (Lipinski definition) is 6. The summed E-state index contributed by atoms with van der Waals surface area (Å²) in [6.07, 6.45) is -3.40. The molecule has 0 aromatic carbocycles. The highest BCUT2D eigenvalue weighted by molar-refractivity contribution is 5.79. The molecular formula is C17H28F3N7O. The minimum absolute atomic E-state index is 0.0560. The second-order valence-corrected chi connectivity index (χ2v) is 6.33. The van der Waals surface area contributed by atoms with E-state index in [-0.39, 0.29) is 5.95 Å². The summed E-state index contributed by atoms with van der Waals surface area (Å²) in [5, 5.41) is 9.09. The molecule has 11 heteroatoms. The van der Waals surface area contributed by atoms with Crippen LogP contribution in [0.5, 0.6) is 0 Å². The van der Waals surface area contributed by atoms with E-state index in [1.807, 2.05) is 6.92 Å².